The van der Waals surface area contributed by atoms with Gasteiger partial charge in [-0.05, 0) is 32.9 Å². The van der Waals surface area contributed by atoms with E-state index in [1.807, 2.05) is 49.7 Å². The van der Waals surface area contributed by atoms with Crippen molar-refractivity contribution in [3.63, 3.8) is 0 Å². The zero-order valence-electron chi connectivity index (χ0n) is 15.1. The van der Waals surface area contributed by atoms with Crippen LogP contribution in [0.5, 0.6) is 0 Å². The van der Waals surface area contributed by atoms with E-state index in [2.05, 4.69) is 10.2 Å². The van der Waals surface area contributed by atoms with Crippen molar-refractivity contribution >= 4 is 17.1 Å². The van der Waals surface area contributed by atoms with Crippen LogP contribution >= 0.6 is 0 Å². The van der Waals surface area contributed by atoms with Crippen molar-refractivity contribution in [2.24, 2.45) is 5.10 Å². The molecule has 1 atom stereocenters. The number of amides is 1. The minimum Gasteiger partial charge on any atom is -0.359 e. The van der Waals surface area contributed by atoms with Crippen molar-refractivity contribution < 1.29 is 14.3 Å². The number of hydrazone groups is 1. The summed E-state index contributed by atoms with van der Waals surface area (Å²) in [4.78, 5) is 12.1. The van der Waals surface area contributed by atoms with Gasteiger partial charge in [0.2, 0.25) is 5.91 Å². The second kappa shape index (κ2) is 7.33. The Balaban J connectivity index is 2.10. The number of methoxy groups -OCH3 is 1. The van der Waals surface area contributed by atoms with Gasteiger partial charge in [0.1, 0.15) is 18.6 Å². The van der Waals surface area contributed by atoms with Crippen LogP contribution in [0.2, 0.25) is 0 Å². The van der Waals surface area contributed by atoms with Gasteiger partial charge in [-0.3, -0.25) is 4.79 Å². The van der Waals surface area contributed by atoms with E-state index in [1.54, 1.807) is 12.1 Å². The maximum atomic E-state index is 12.1. The van der Waals surface area contributed by atoms with Gasteiger partial charge in [-0.15, -0.1) is 0 Å². The highest BCUT2D eigenvalue weighted by molar-refractivity contribution is 6.09. The predicted molar refractivity (Wildman–Crippen MR) is 94.3 cm³/mol. The van der Waals surface area contributed by atoms with Crippen LogP contribution in [0.4, 0.5) is 0 Å². The zero-order chi connectivity index (χ0) is 18.0. The summed E-state index contributed by atoms with van der Waals surface area (Å²) in [7, 11) is 1.59. The van der Waals surface area contributed by atoms with E-state index in [9.17, 15) is 4.79 Å². The lowest BCUT2D eigenvalue weighted by Crippen LogP contribution is -2.37. The predicted octanol–water partition coefficient (Wildman–Crippen LogP) is 2.75. The molecule has 3 heterocycles. The van der Waals surface area contributed by atoms with Gasteiger partial charge in [0.25, 0.3) is 0 Å². The molecule has 0 aliphatic carbocycles. The highest BCUT2D eigenvalue weighted by Crippen LogP contribution is 2.28. The van der Waals surface area contributed by atoms with Gasteiger partial charge in [-0.25, -0.2) is 9.52 Å². The SMILES string of the molecule is COCOC(C)c1nn2ccccc2c1C1=NN(C(C)C)C(=O)CC1. The average molecular weight is 344 g/mol. The van der Waals surface area contributed by atoms with E-state index in [1.165, 1.54) is 0 Å². The summed E-state index contributed by atoms with van der Waals surface area (Å²) in [6.45, 7) is 6.06. The van der Waals surface area contributed by atoms with Gasteiger partial charge in [-0.2, -0.15) is 10.2 Å². The van der Waals surface area contributed by atoms with E-state index in [-0.39, 0.29) is 24.8 Å². The maximum absolute atomic E-state index is 12.1. The summed E-state index contributed by atoms with van der Waals surface area (Å²) in [5, 5.41) is 10.9. The second-order valence-corrected chi connectivity index (χ2v) is 6.38. The molecular formula is C18H24N4O3. The fourth-order valence-electron chi connectivity index (χ4n) is 3.00. The number of carbonyl (C=O) groups is 1. The van der Waals surface area contributed by atoms with Crippen LogP contribution in [-0.4, -0.2) is 46.2 Å². The van der Waals surface area contributed by atoms with Crippen molar-refractivity contribution in [2.45, 2.75) is 45.8 Å². The number of carbonyl (C=O) groups excluding carboxylic acids is 1. The molecule has 0 saturated heterocycles. The first kappa shape index (κ1) is 17.6. The Kier molecular flexibility index (Phi) is 5.15. The molecular weight excluding hydrogens is 320 g/mol. The topological polar surface area (TPSA) is 68.4 Å². The molecule has 7 heteroatoms. The van der Waals surface area contributed by atoms with Gasteiger partial charge in [0.15, 0.2) is 0 Å². The Labute approximate surface area is 147 Å². The van der Waals surface area contributed by atoms with E-state index in [0.717, 1.165) is 22.5 Å². The number of fused-ring (bicyclic) bond motifs is 1. The first-order valence-corrected chi connectivity index (χ1v) is 8.50. The molecule has 7 nitrogen and oxygen atoms in total. The third-order valence-corrected chi connectivity index (χ3v) is 4.23. The molecule has 3 rings (SSSR count). The summed E-state index contributed by atoms with van der Waals surface area (Å²) >= 11 is 0. The number of hydrogen-bond donors (Lipinski definition) is 0. The van der Waals surface area contributed by atoms with Crippen LogP contribution in [0.3, 0.4) is 0 Å². The third kappa shape index (κ3) is 3.43. The summed E-state index contributed by atoms with van der Waals surface area (Å²) in [5.74, 6) is 0.0560. The average Bonchev–Trinajstić information content (AvgIpc) is 2.99. The van der Waals surface area contributed by atoms with Crippen LogP contribution in [0.15, 0.2) is 29.5 Å². The normalized spacial score (nSPS) is 16.6. The number of nitrogens with zero attached hydrogens (tertiary/aromatic N) is 4. The van der Waals surface area contributed by atoms with Crippen LogP contribution in [-0.2, 0) is 14.3 Å². The molecule has 25 heavy (non-hydrogen) atoms. The fourth-order valence-corrected chi connectivity index (χ4v) is 3.00. The quantitative estimate of drug-likeness (QED) is 0.756. The minimum absolute atomic E-state index is 0.0234. The molecule has 134 valence electrons. The summed E-state index contributed by atoms with van der Waals surface area (Å²) in [5.41, 5.74) is 3.59. The lowest BCUT2D eigenvalue weighted by atomic mass is 10.00. The summed E-state index contributed by atoms with van der Waals surface area (Å²) < 4.78 is 12.5. The standard InChI is InChI=1S/C18H24N4O3/c1-12(2)22-16(23)9-8-14(19-22)17-15-7-5-6-10-21(15)20-18(17)13(3)25-11-24-4/h5-7,10,12-13H,8-9,11H2,1-4H3. The maximum Gasteiger partial charge on any atom is 0.243 e. The molecule has 0 bridgehead atoms. The Morgan fingerprint density at radius 3 is 2.76 bits per heavy atom. The van der Waals surface area contributed by atoms with Crippen LogP contribution < -0.4 is 0 Å². The molecule has 0 spiro atoms. The molecule has 0 N–H and O–H groups in total. The smallest absolute Gasteiger partial charge is 0.243 e. The number of rotatable bonds is 6. The van der Waals surface area contributed by atoms with Crippen molar-refractivity contribution in [2.75, 3.05) is 13.9 Å². The number of ether oxygens (including phenoxy) is 2. The molecule has 0 aromatic carbocycles. The largest absolute Gasteiger partial charge is 0.359 e. The first-order valence-electron chi connectivity index (χ1n) is 8.50. The fraction of sp³-hybridized carbons (Fsp3) is 0.500. The molecule has 2 aromatic rings. The van der Waals surface area contributed by atoms with Crippen molar-refractivity contribution in [3.8, 4) is 0 Å². The third-order valence-electron chi connectivity index (χ3n) is 4.23. The van der Waals surface area contributed by atoms with Gasteiger partial charge in [0.05, 0.1) is 11.2 Å². The minimum atomic E-state index is -0.248. The number of aromatic nitrogens is 2. The monoisotopic (exact) mass is 344 g/mol. The Morgan fingerprint density at radius 2 is 2.04 bits per heavy atom. The molecule has 0 fully saturated rings. The van der Waals surface area contributed by atoms with Crippen molar-refractivity contribution in [3.05, 3.63) is 35.7 Å². The Morgan fingerprint density at radius 1 is 1.24 bits per heavy atom. The number of pyridine rings is 1. The van der Waals surface area contributed by atoms with Gasteiger partial charge < -0.3 is 9.47 Å². The van der Waals surface area contributed by atoms with Crippen LogP contribution in [0.1, 0.15) is 51.0 Å². The number of hydrogen-bond acceptors (Lipinski definition) is 5. The second-order valence-electron chi connectivity index (χ2n) is 6.38. The highest BCUT2D eigenvalue weighted by Gasteiger charge is 2.28. The van der Waals surface area contributed by atoms with Crippen LogP contribution in [0, 0.1) is 0 Å². The van der Waals surface area contributed by atoms with Crippen molar-refractivity contribution in [1.29, 1.82) is 0 Å². The van der Waals surface area contributed by atoms with E-state index >= 15 is 0 Å². The van der Waals surface area contributed by atoms with E-state index in [4.69, 9.17) is 9.47 Å². The van der Waals surface area contributed by atoms with E-state index in [0.29, 0.717) is 12.8 Å². The molecule has 1 aliphatic rings. The van der Waals surface area contributed by atoms with Crippen LogP contribution in [0.25, 0.3) is 5.52 Å². The lowest BCUT2D eigenvalue weighted by molar-refractivity contribution is -0.133. The van der Waals surface area contributed by atoms with Crippen molar-refractivity contribution in [1.82, 2.24) is 14.6 Å². The summed E-state index contributed by atoms with van der Waals surface area (Å²) in [6, 6.07) is 5.93. The molecule has 0 saturated carbocycles. The lowest BCUT2D eigenvalue weighted by Gasteiger charge is -2.27. The molecule has 1 aliphatic heterocycles. The van der Waals surface area contributed by atoms with Gasteiger partial charge >= 0.3 is 0 Å². The molecule has 1 unspecified atom stereocenters. The van der Waals surface area contributed by atoms with Gasteiger partial charge in [0, 0.05) is 37.8 Å². The molecule has 2 aromatic heterocycles. The zero-order valence-corrected chi connectivity index (χ0v) is 15.1. The first-order chi connectivity index (χ1) is 12.0. The Bertz CT molecular complexity index is 797. The molecule has 1 amide bonds. The Hall–Kier alpha value is -2.25. The summed E-state index contributed by atoms with van der Waals surface area (Å²) in [6.07, 6.45) is 2.71. The highest BCUT2D eigenvalue weighted by atomic mass is 16.7. The molecule has 0 radical (unpaired) electrons. The van der Waals surface area contributed by atoms with Gasteiger partial charge in [-0.1, -0.05) is 6.07 Å². The van der Waals surface area contributed by atoms with E-state index < -0.39 is 0 Å².